The summed E-state index contributed by atoms with van der Waals surface area (Å²) < 4.78 is 21.5. The van der Waals surface area contributed by atoms with E-state index >= 15 is 0 Å². The molecule has 246 valence electrons. The third-order valence-electron chi connectivity index (χ3n) is 9.10. The zero-order chi connectivity index (χ0) is 32.4. The number of hydrogen-bond donors (Lipinski definition) is 3. The van der Waals surface area contributed by atoms with E-state index in [9.17, 15) is 24.2 Å². The number of ether oxygens (including phenoxy) is 1. The molecule has 4 aromatic rings. The first-order valence-electron chi connectivity index (χ1n) is 16.0. The lowest BCUT2D eigenvalue weighted by atomic mass is 9.89. The molecule has 1 amide bonds. The van der Waals surface area contributed by atoms with Crippen LogP contribution in [0.2, 0.25) is 0 Å². The van der Waals surface area contributed by atoms with Crippen LogP contribution in [-0.4, -0.2) is 74.3 Å². The van der Waals surface area contributed by atoms with E-state index in [0.717, 1.165) is 66.2 Å². The van der Waals surface area contributed by atoms with Crippen molar-refractivity contribution >= 4 is 38.8 Å². The van der Waals surface area contributed by atoms with Crippen molar-refractivity contribution in [3.63, 3.8) is 0 Å². The Hall–Kier alpha value is -3.16. The zero-order valence-corrected chi connectivity index (χ0v) is 27.9. The molecule has 0 saturated carbocycles. The molecule has 9 nitrogen and oxygen atoms in total. The number of likely N-dealkylation sites (tertiary alicyclic amines) is 1. The average Bonchev–Trinajstić information content (AvgIpc) is 3.68. The predicted molar refractivity (Wildman–Crippen MR) is 178 cm³/mol. The maximum absolute atomic E-state index is 14.6. The summed E-state index contributed by atoms with van der Waals surface area (Å²) in [4.78, 5) is 36.2. The van der Waals surface area contributed by atoms with E-state index < -0.39 is 6.10 Å². The van der Waals surface area contributed by atoms with Gasteiger partial charge in [-0.15, -0.1) is 11.3 Å². The van der Waals surface area contributed by atoms with E-state index in [0.29, 0.717) is 66.5 Å². The van der Waals surface area contributed by atoms with Gasteiger partial charge in [0.2, 0.25) is 0 Å². The first kappa shape index (κ1) is 32.8. The summed E-state index contributed by atoms with van der Waals surface area (Å²) in [5.74, 6) is 0.0165. The number of aromatic hydroxyl groups is 1. The Morgan fingerprint density at radius 1 is 1.15 bits per heavy atom. The van der Waals surface area contributed by atoms with Gasteiger partial charge in [-0.1, -0.05) is 43.7 Å². The highest BCUT2D eigenvalue weighted by Crippen LogP contribution is 2.34. The fourth-order valence-corrected chi connectivity index (χ4v) is 8.31. The van der Waals surface area contributed by atoms with E-state index in [-0.39, 0.29) is 27.9 Å². The molecule has 1 spiro atoms. The summed E-state index contributed by atoms with van der Waals surface area (Å²) in [6, 6.07) is 8.41. The van der Waals surface area contributed by atoms with E-state index in [1.807, 2.05) is 10.3 Å². The van der Waals surface area contributed by atoms with Crippen LogP contribution in [0.4, 0.5) is 4.39 Å². The van der Waals surface area contributed by atoms with Gasteiger partial charge in [0.15, 0.2) is 0 Å². The molecule has 0 bridgehead atoms. The lowest BCUT2D eigenvalue weighted by molar-refractivity contribution is -0.128. The number of amides is 1. The molecule has 2 saturated heterocycles. The van der Waals surface area contributed by atoms with Crippen LogP contribution in [-0.2, 0) is 17.7 Å². The Bertz CT molecular complexity index is 1740. The first-order chi connectivity index (χ1) is 22.1. The van der Waals surface area contributed by atoms with Crippen molar-refractivity contribution in [1.82, 2.24) is 19.8 Å². The Morgan fingerprint density at radius 2 is 1.93 bits per heavy atom. The highest BCUT2D eigenvalue weighted by atomic mass is 32.1. The largest absolute Gasteiger partial charge is 0.506 e. The number of hydrogen-bond acceptors (Lipinski definition) is 9. The molecule has 2 aliphatic heterocycles. The summed E-state index contributed by atoms with van der Waals surface area (Å²) in [7, 11) is 0. The van der Waals surface area contributed by atoms with Crippen LogP contribution in [0.1, 0.15) is 90.2 Å². The number of carbonyl (C=O) groups is 1. The van der Waals surface area contributed by atoms with Gasteiger partial charge < -0.3 is 24.8 Å². The number of benzene rings is 2. The molecule has 0 radical (unpaired) electrons. The fraction of sp³-hybridized carbons (Fsp3) is 0.500. The Kier molecular flexibility index (Phi) is 9.91. The Morgan fingerprint density at radius 3 is 2.70 bits per heavy atom. The summed E-state index contributed by atoms with van der Waals surface area (Å²) in [6.45, 7) is 8.08. The summed E-state index contributed by atoms with van der Waals surface area (Å²) in [5.41, 5.74) is 3.02. The van der Waals surface area contributed by atoms with Gasteiger partial charge >= 0.3 is 4.87 Å². The molecule has 12 heteroatoms. The molecular formula is C34H41FN4O5S2. The molecule has 4 heterocycles. The minimum atomic E-state index is -0.761. The van der Waals surface area contributed by atoms with Gasteiger partial charge in [-0.05, 0) is 61.4 Å². The number of halogens is 1. The normalized spacial score (nSPS) is 17.7. The molecule has 6 rings (SSSR count). The van der Waals surface area contributed by atoms with Gasteiger partial charge in [-0.2, -0.15) is 0 Å². The van der Waals surface area contributed by atoms with Crippen molar-refractivity contribution in [3.8, 4) is 5.75 Å². The van der Waals surface area contributed by atoms with E-state index in [1.165, 1.54) is 17.4 Å². The fourth-order valence-electron chi connectivity index (χ4n) is 6.59. The summed E-state index contributed by atoms with van der Waals surface area (Å²) in [5, 5.41) is 23.7. The number of carbonyl (C=O) groups excluding carboxylic acids is 1. The quantitative estimate of drug-likeness (QED) is 0.178. The molecule has 1 atom stereocenters. The number of aliphatic hydroxyl groups excluding tert-OH is 1. The van der Waals surface area contributed by atoms with Crippen molar-refractivity contribution in [2.75, 3.05) is 32.8 Å². The lowest BCUT2D eigenvalue weighted by Gasteiger charge is -2.47. The molecule has 2 aliphatic rings. The van der Waals surface area contributed by atoms with Gasteiger partial charge in [0.1, 0.15) is 22.8 Å². The average molecular weight is 669 g/mol. The maximum atomic E-state index is 14.6. The van der Waals surface area contributed by atoms with Gasteiger partial charge in [-0.3, -0.25) is 14.5 Å². The third kappa shape index (κ3) is 7.36. The molecule has 2 aromatic carbocycles. The van der Waals surface area contributed by atoms with Crippen molar-refractivity contribution in [2.24, 2.45) is 0 Å². The first-order valence-corrected chi connectivity index (χ1v) is 17.7. The number of aromatic nitrogens is 2. The highest BCUT2D eigenvalue weighted by Gasteiger charge is 2.41. The molecule has 2 aromatic heterocycles. The predicted octanol–water partition coefficient (Wildman–Crippen LogP) is 5.97. The van der Waals surface area contributed by atoms with E-state index in [4.69, 9.17) is 4.74 Å². The standard InChI is InChI=1S/C34H41FN4O5S2/c1-21(2)31-36-26(19-45-31)32(42)39-13-14-44-34(20-39)9-11-38(12-10-34)18-23-15-22(16-24(35)17-23)5-3-4-6-27(40)25-7-8-28(41)29-30(25)46-33(43)37-29/h7-8,15-17,19,21,27,40-41H,3-6,9-14,18,20H2,1-2H3,(H,37,43)/t27-/m0/s1. The second-order valence-corrected chi connectivity index (χ2v) is 14.8. The van der Waals surface area contributed by atoms with Gasteiger partial charge in [0, 0.05) is 43.0 Å². The number of piperidine rings is 1. The van der Waals surface area contributed by atoms with Crippen molar-refractivity contribution < 1.29 is 24.1 Å². The topological polar surface area (TPSA) is 119 Å². The number of phenolic OH excluding ortho intramolecular Hbond substituents is 1. The van der Waals surface area contributed by atoms with Gasteiger partial charge in [0.05, 0.1) is 34.6 Å². The number of nitrogens with one attached hydrogen (secondary N) is 1. The van der Waals surface area contributed by atoms with E-state index in [2.05, 4.69) is 34.8 Å². The number of thiazole rings is 2. The number of phenols is 1. The Balaban J connectivity index is 0.989. The molecule has 2 fully saturated rings. The van der Waals surface area contributed by atoms with Crippen LogP contribution in [0.15, 0.2) is 40.5 Å². The molecule has 3 N–H and O–H groups in total. The van der Waals surface area contributed by atoms with Crippen molar-refractivity contribution in [2.45, 2.75) is 76.5 Å². The van der Waals surface area contributed by atoms with Crippen LogP contribution < -0.4 is 4.87 Å². The molecular weight excluding hydrogens is 628 g/mol. The van der Waals surface area contributed by atoms with E-state index in [1.54, 1.807) is 18.2 Å². The number of nitrogens with zero attached hydrogens (tertiary/aromatic N) is 3. The number of aryl methyl sites for hydroxylation is 1. The number of H-pyrrole nitrogens is 1. The van der Waals surface area contributed by atoms with Crippen molar-refractivity contribution in [3.05, 3.63) is 78.6 Å². The highest BCUT2D eigenvalue weighted by molar-refractivity contribution is 7.16. The minimum absolute atomic E-state index is 0.0107. The number of rotatable bonds is 10. The summed E-state index contributed by atoms with van der Waals surface area (Å²) in [6.07, 6.45) is 3.55. The van der Waals surface area contributed by atoms with Crippen molar-refractivity contribution in [1.29, 1.82) is 0 Å². The summed E-state index contributed by atoms with van der Waals surface area (Å²) >= 11 is 2.52. The van der Waals surface area contributed by atoms with Crippen LogP contribution in [0.5, 0.6) is 5.75 Å². The minimum Gasteiger partial charge on any atom is -0.506 e. The van der Waals surface area contributed by atoms with Gasteiger partial charge in [-0.25, -0.2) is 9.37 Å². The smallest absolute Gasteiger partial charge is 0.305 e. The van der Waals surface area contributed by atoms with Crippen LogP contribution in [0, 0.1) is 5.82 Å². The van der Waals surface area contributed by atoms with Crippen LogP contribution in [0.25, 0.3) is 10.2 Å². The number of unbranched alkanes of at least 4 members (excludes halogenated alkanes) is 1. The zero-order valence-electron chi connectivity index (χ0n) is 26.3. The molecule has 0 aliphatic carbocycles. The number of aromatic amines is 1. The number of fused-ring (bicyclic) bond motifs is 1. The Labute approximate surface area is 275 Å². The molecule has 46 heavy (non-hydrogen) atoms. The monoisotopic (exact) mass is 668 g/mol. The number of aliphatic hydroxyl groups is 1. The third-order valence-corrected chi connectivity index (χ3v) is 11.2. The van der Waals surface area contributed by atoms with Crippen LogP contribution >= 0.6 is 22.7 Å². The van der Waals surface area contributed by atoms with Gasteiger partial charge in [0.25, 0.3) is 5.91 Å². The molecule has 0 unspecified atom stereocenters. The second-order valence-electron chi connectivity index (χ2n) is 12.9. The second kappa shape index (κ2) is 13.9. The SMILES string of the molecule is CC(C)c1nc(C(=O)N2CCOC3(CCN(Cc4cc(F)cc(CCCC[C@H](O)c5ccc(O)c6[nH]c(=O)sc56)c4)CC3)C2)cs1. The maximum Gasteiger partial charge on any atom is 0.305 e. The van der Waals surface area contributed by atoms with Crippen LogP contribution in [0.3, 0.4) is 0 Å². The lowest BCUT2D eigenvalue weighted by Crippen LogP contribution is -2.58. The number of morpholine rings is 1.